The van der Waals surface area contributed by atoms with Crippen molar-refractivity contribution in [3.05, 3.63) is 0 Å². The molecule has 1 aliphatic rings. The molecular weight excluding hydrogens is 180 g/mol. The first-order valence-electron chi connectivity index (χ1n) is 5.13. The number of hydrogen-bond donors (Lipinski definition) is 1. The average molecular weight is 200 g/mol. The Morgan fingerprint density at radius 3 is 2.71 bits per heavy atom. The number of hydrogen-bond acceptors (Lipinski definition) is 3. The van der Waals surface area contributed by atoms with Crippen LogP contribution in [0.25, 0.3) is 0 Å². The van der Waals surface area contributed by atoms with Crippen LogP contribution in [0.4, 0.5) is 0 Å². The molecule has 1 fully saturated rings. The third-order valence-corrected chi connectivity index (χ3v) is 3.09. The second-order valence-corrected chi connectivity index (χ2v) is 4.09. The van der Waals surface area contributed by atoms with Gasteiger partial charge in [0, 0.05) is 26.2 Å². The molecule has 82 valence electrons. The van der Waals surface area contributed by atoms with E-state index >= 15 is 0 Å². The molecule has 14 heavy (non-hydrogen) atoms. The maximum atomic E-state index is 12.0. The van der Waals surface area contributed by atoms with Crippen LogP contribution in [0.1, 0.15) is 26.7 Å². The molecule has 2 atom stereocenters. The van der Waals surface area contributed by atoms with Gasteiger partial charge >= 0.3 is 0 Å². The summed E-state index contributed by atoms with van der Waals surface area (Å²) in [5, 5.41) is 0. The Kier molecular flexibility index (Phi) is 3.50. The largest absolute Gasteiger partial charge is 0.369 e. The van der Waals surface area contributed by atoms with E-state index in [4.69, 9.17) is 10.5 Å². The van der Waals surface area contributed by atoms with Gasteiger partial charge in [-0.05, 0) is 19.8 Å². The lowest BCUT2D eigenvalue weighted by molar-refractivity contribution is -0.152. The predicted octanol–water partition coefficient (Wildman–Crippen LogP) is 0.361. The third kappa shape index (κ3) is 2.07. The Hall–Kier alpha value is -0.610. The molecule has 1 aliphatic heterocycles. The van der Waals surface area contributed by atoms with Crippen molar-refractivity contribution in [2.45, 2.75) is 38.3 Å². The molecule has 1 unspecified atom stereocenters. The fraction of sp³-hybridized carbons (Fsp3) is 0.900. The highest BCUT2D eigenvalue weighted by atomic mass is 16.5. The highest BCUT2D eigenvalue weighted by Gasteiger charge is 2.37. The van der Waals surface area contributed by atoms with Crippen LogP contribution in [0, 0.1) is 0 Å². The van der Waals surface area contributed by atoms with E-state index < -0.39 is 5.60 Å². The molecule has 0 aromatic carbocycles. The van der Waals surface area contributed by atoms with Gasteiger partial charge in [-0.25, -0.2) is 0 Å². The summed E-state index contributed by atoms with van der Waals surface area (Å²) in [5.74, 6) is 0.0652. The Bertz CT molecular complexity index is 214. The van der Waals surface area contributed by atoms with Crippen molar-refractivity contribution in [1.29, 1.82) is 0 Å². The van der Waals surface area contributed by atoms with Crippen molar-refractivity contribution in [2.75, 3.05) is 20.2 Å². The summed E-state index contributed by atoms with van der Waals surface area (Å²) >= 11 is 0. The highest BCUT2D eigenvalue weighted by Crippen LogP contribution is 2.20. The van der Waals surface area contributed by atoms with Gasteiger partial charge in [-0.1, -0.05) is 6.92 Å². The molecule has 1 amide bonds. The third-order valence-electron chi connectivity index (χ3n) is 3.09. The smallest absolute Gasteiger partial charge is 0.254 e. The lowest BCUT2D eigenvalue weighted by Crippen LogP contribution is -2.47. The second-order valence-electron chi connectivity index (χ2n) is 4.09. The van der Waals surface area contributed by atoms with Gasteiger partial charge in [0.1, 0.15) is 5.60 Å². The number of carbonyl (C=O) groups excluding carboxylic acids is 1. The normalized spacial score (nSPS) is 26.3. The number of amides is 1. The van der Waals surface area contributed by atoms with Crippen LogP contribution in [0.2, 0.25) is 0 Å². The molecule has 0 radical (unpaired) electrons. The SMILES string of the molecule is CCC(C)(OC)C(=O)N1CC[C@@H](N)C1. The quantitative estimate of drug-likeness (QED) is 0.715. The Labute approximate surface area is 85.4 Å². The molecule has 0 bridgehead atoms. The van der Waals surface area contributed by atoms with Crippen molar-refractivity contribution in [2.24, 2.45) is 5.73 Å². The molecule has 1 heterocycles. The molecule has 0 spiro atoms. The minimum absolute atomic E-state index is 0.0652. The lowest BCUT2D eigenvalue weighted by atomic mass is 10.0. The van der Waals surface area contributed by atoms with Gasteiger partial charge < -0.3 is 15.4 Å². The molecule has 4 heteroatoms. The van der Waals surface area contributed by atoms with E-state index in [9.17, 15) is 4.79 Å². The number of carbonyl (C=O) groups is 1. The van der Waals surface area contributed by atoms with E-state index in [2.05, 4.69) is 0 Å². The van der Waals surface area contributed by atoms with Crippen molar-refractivity contribution >= 4 is 5.91 Å². The van der Waals surface area contributed by atoms with Gasteiger partial charge in [0.2, 0.25) is 0 Å². The highest BCUT2D eigenvalue weighted by molar-refractivity contribution is 5.85. The van der Waals surface area contributed by atoms with Crippen LogP contribution in [0.15, 0.2) is 0 Å². The summed E-state index contributed by atoms with van der Waals surface area (Å²) in [4.78, 5) is 13.8. The van der Waals surface area contributed by atoms with Crippen LogP contribution in [0.3, 0.4) is 0 Å². The molecule has 1 saturated heterocycles. The Balaban J connectivity index is 2.64. The van der Waals surface area contributed by atoms with E-state index in [-0.39, 0.29) is 11.9 Å². The van der Waals surface area contributed by atoms with Gasteiger partial charge in [-0.2, -0.15) is 0 Å². The van der Waals surface area contributed by atoms with Crippen LogP contribution in [-0.2, 0) is 9.53 Å². The van der Waals surface area contributed by atoms with Crippen molar-refractivity contribution in [1.82, 2.24) is 4.90 Å². The van der Waals surface area contributed by atoms with E-state index in [0.717, 1.165) is 13.0 Å². The van der Waals surface area contributed by atoms with Crippen molar-refractivity contribution in [3.63, 3.8) is 0 Å². The van der Waals surface area contributed by atoms with Crippen LogP contribution >= 0.6 is 0 Å². The fourth-order valence-electron chi connectivity index (χ4n) is 1.69. The fourth-order valence-corrected chi connectivity index (χ4v) is 1.69. The standard InChI is InChI=1S/C10H20N2O2/c1-4-10(2,14-3)9(13)12-6-5-8(11)7-12/h8H,4-7,11H2,1-3H3/t8-,10?/m1/s1. The first-order chi connectivity index (χ1) is 6.53. The molecule has 0 aromatic rings. The first-order valence-corrected chi connectivity index (χ1v) is 5.13. The Morgan fingerprint density at radius 2 is 2.36 bits per heavy atom. The predicted molar refractivity (Wildman–Crippen MR) is 54.9 cm³/mol. The number of likely N-dealkylation sites (tertiary alicyclic amines) is 1. The van der Waals surface area contributed by atoms with Gasteiger partial charge in [-0.3, -0.25) is 4.79 Å². The zero-order valence-electron chi connectivity index (χ0n) is 9.25. The number of rotatable bonds is 3. The number of nitrogens with zero attached hydrogens (tertiary/aromatic N) is 1. The molecule has 0 saturated carbocycles. The molecule has 0 aliphatic carbocycles. The zero-order chi connectivity index (χ0) is 10.8. The van der Waals surface area contributed by atoms with E-state index in [1.165, 1.54) is 0 Å². The summed E-state index contributed by atoms with van der Waals surface area (Å²) in [6, 6.07) is 0.136. The van der Waals surface area contributed by atoms with Crippen molar-refractivity contribution < 1.29 is 9.53 Å². The van der Waals surface area contributed by atoms with E-state index in [1.807, 2.05) is 13.8 Å². The van der Waals surface area contributed by atoms with Crippen LogP contribution < -0.4 is 5.73 Å². The Morgan fingerprint density at radius 1 is 1.71 bits per heavy atom. The van der Waals surface area contributed by atoms with Gasteiger partial charge in [0.05, 0.1) is 0 Å². The molecule has 2 N–H and O–H groups in total. The van der Waals surface area contributed by atoms with Crippen LogP contribution in [-0.4, -0.2) is 42.6 Å². The minimum Gasteiger partial charge on any atom is -0.369 e. The summed E-state index contributed by atoms with van der Waals surface area (Å²) in [5.41, 5.74) is 5.08. The summed E-state index contributed by atoms with van der Waals surface area (Å²) in [7, 11) is 1.58. The number of ether oxygens (including phenoxy) is 1. The van der Waals surface area contributed by atoms with Gasteiger partial charge in [0.15, 0.2) is 0 Å². The maximum Gasteiger partial charge on any atom is 0.254 e. The molecular formula is C10H20N2O2. The van der Waals surface area contributed by atoms with Crippen molar-refractivity contribution in [3.8, 4) is 0 Å². The van der Waals surface area contributed by atoms with Crippen LogP contribution in [0.5, 0.6) is 0 Å². The zero-order valence-corrected chi connectivity index (χ0v) is 9.25. The summed E-state index contributed by atoms with van der Waals surface area (Å²) in [6.45, 7) is 5.22. The average Bonchev–Trinajstić information content (AvgIpc) is 2.62. The number of nitrogens with two attached hydrogens (primary N) is 1. The van der Waals surface area contributed by atoms with Gasteiger partial charge in [-0.15, -0.1) is 0 Å². The topological polar surface area (TPSA) is 55.6 Å². The van der Waals surface area contributed by atoms with E-state index in [1.54, 1.807) is 12.0 Å². The second kappa shape index (κ2) is 4.28. The first kappa shape index (κ1) is 11.5. The summed E-state index contributed by atoms with van der Waals surface area (Å²) in [6.07, 6.45) is 1.59. The minimum atomic E-state index is -0.677. The molecule has 4 nitrogen and oxygen atoms in total. The lowest BCUT2D eigenvalue weighted by Gasteiger charge is -2.30. The number of methoxy groups -OCH3 is 1. The van der Waals surface area contributed by atoms with Gasteiger partial charge in [0.25, 0.3) is 5.91 Å². The molecule has 0 aromatic heterocycles. The maximum absolute atomic E-state index is 12.0. The molecule has 1 rings (SSSR count). The summed E-state index contributed by atoms with van der Waals surface area (Å²) < 4.78 is 5.26. The van der Waals surface area contributed by atoms with E-state index in [0.29, 0.717) is 13.0 Å². The monoisotopic (exact) mass is 200 g/mol.